The summed E-state index contributed by atoms with van der Waals surface area (Å²) in [5, 5.41) is 0. The normalized spacial score (nSPS) is 28.9. The minimum Gasteiger partial charge on any atom is -0.0654 e. The fourth-order valence-corrected chi connectivity index (χ4v) is 2.78. The molecule has 0 aromatic rings. The van der Waals surface area contributed by atoms with Crippen molar-refractivity contribution in [3.05, 3.63) is 0 Å². The van der Waals surface area contributed by atoms with Crippen LogP contribution in [0.5, 0.6) is 0 Å². The zero-order valence-electron chi connectivity index (χ0n) is 10.8. The topological polar surface area (TPSA) is 0 Å². The van der Waals surface area contributed by atoms with Crippen molar-refractivity contribution in [3.8, 4) is 0 Å². The standard InChI is InChI=1S/C14H28/c1-6-8-14(4,5)9-7-11(2)13-10-12(13)3/h11-13H,6-10H2,1-5H3. The Labute approximate surface area is 90.5 Å². The second kappa shape index (κ2) is 4.68. The van der Waals surface area contributed by atoms with E-state index < -0.39 is 0 Å². The fraction of sp³-hybridized carbons (Fsp3) is 1.00. The molecular weight excluding hydrogens is 168 g/mol. The van der Waals surface area contributed by atoms with Crippen LogP contribution in [0.2, 0.25) is 0 Å². The molecular formula is C14H28. The van der Waals surface area contributed by atoms with Crippen LogP contribution in [0.15, 0.2) is 0 Å². The molecule has 1 saturated carbocycles. The molecule has 0 spiro atoms. The first kappa shape index (κ1) is 12.1. The van der Waals surface area contributed by atoms with E-state index in [-0.39, 0.29) is 0 Å². The lowest BCUT2D eigenvalue weighted by Crippen LogP contribution is -2.13. The van der Waals surface area contributed by atoms with Gasteiger partial charge in [0.1, 0.15) is 0 Å². The first-order valence-corrected chi connectivity index (χ1v) is 6.46. The van der Waals surface area contributed by atoms with Gasteiger partial charge < -0.3 is 0 Å². The van der Waals surface area contributed by atoms with Crippen LogP contribution in [-0.4, -0.2) is 0 Å². The van der Waals surface area contributed by atoms with Gasteiger partial charge in [0.05, 0.1) is 0 Å². The molecule has 1 rings (SSSR count). The third-order valence-corrected chi connectivity index (χ3v) is 4.11. The maximum atomic E-state index is 2.45. The van der Waals surface area contributed by atoms with Gasteiger partial charge in [-0.3, -0.25) is 0 Å². The van der Waals surface area contributed by atoms with Crippen LogP contribution in [0.3, 0.4) is 0 Å². The van der Waals surface area contributed by atoms with Gasteiger partial charge >= 0.3 is 0 Å². The minimum absolute atomic E-state index is 0.584. The zero-order valence-corrected chi connectivity index (χ0v) is 10.8. The summed E-state index contributed by atoms with van der Waals surface area (Å²) < 4.78 is 0. The highest BCUT2D eigenvalue weighted by molar-refractivity contribution is 4.87. The Balaban J connectivity index is 2.18. The Hall–Kier alpha value is 0. The molecule has 0 aromatic heterocycles. The number of rotatable bonds is 6. The Kier molecular flexibility index (Phi) is 4.04. The molecule has 3 unspecified atom stereocenters. The van der Waals surface area contributed by atoms with E-state index in [9.17, 15) is 0 Å². The van der Waals surface area contributed by atoms with E-state index in [1.54, 1.807) is 0 Å². The van der Waals surface area contributed by atoms with Crippen LogP contribution in [0, 0.1) is 23.2 Å². The predicted molar refractivity (Wildman–Crippen MR) is 64.4 cm³/mol. The van der Waals surface area contributed by atoms with Crippen molar-refractivity contribution in [2.45, 2.75) is 66.7 Å². The third-order valence-electron chi connectivity index (χ3n) is 4.11. The van der Waals surface area contributed by atoms with Gasteiger partial charge in [0.25, 0.3) is 0 Å². The first-order valence-electron chi connectivity index (χ1n) is 6.46. The fourth-order valence-electron chi connectivity index (χ4n) is 2.78. The monoisotopic (exact) mass is 196 g/mol. The van der Waals surface area contributed by atoms with Gasteiger partial charge in [-0.05, 0) is 48.9 Å². The molecule has 3 atom stereocenters. The van der Waals surface area contributed by atoms with E-state index in [1.807, 2.05) is 0 Å². The maximum absolute atomic E-state index is 2.45. The van der Waals surface area contributed by atoms with E-state index in [4.69, 9.17) is 0 Å². The highest BCUT2D eigenvalue weighted by atomic mass is 14.4. The second-order valence-electron chi connectivity index (χ2n) is 6.31. The van der Waals surface area contributed by atoms with Crippen LogP contribution in [0.1, 0.15) is 66.7 Å². The zero-order chi connectivity index (χ0) is 10.8. The molecule has 1 aliphatic carbocycles. The molecule has 0 heteroatoms. The average molecular weight is 196 g/mol. The van der Waals surface area contributed by atoms with Crippen LogP contribution in [0.4, 0.5) is 0 Å². The molecule has 0 saturated heterocycles. The summed E-state index contributed by atoms with van der Waals surface area (Å²) in [6, 6.07) is 0. The lowest BCUT2D eigenvalue weighted by molar-refractivity contribution is 0.264. The van der Waals surface area contributed by atoms with Crippen LogP contribution >= 0.6 is 0 Å². The predicted octanol–water partition coefficient (Wildman–Crippen LogP) is 4.89. The highest BCUT2D eigenvalue weighted by Crippen LogP contribution is 2.46. The van der Waals surface area contributed by atoms with Crippen molar-refractivity contribution in [1.82, 2.24) is 0 Å². The summed E-state index contributed by atoms with van der Waals surface area (Å²) in [5.41, 5.74) is 0.584. The van der Waals surface area contributed by atoms with Crippen LogP contribution < -0.4 is 0 Å². The summed E-state index contributed by atoms with van der Waals surface area (Å²) in [7, 11) is 0. The molecule has 0 radical (unpaired) electrons. The van der Waals surface area contributed by atoms with Gasteiger partial charge in [0.2, 0.25) is 0 Å². The van der Waals surface area contributed by atoms with Gasteiger partial charge in [-0.2, -0.15) is 0 Å². The lowest BCUT2D eigenvalue weighted by Gasteiger charge is -2.25. The van der Waals surface area contributed by atoms with E-state index in [0.29, 0.717) is 5.41 Å². The van der Waals surface area contributed by atoms with Crippen molar-refractivity contribution < 1.29 is 0 Å². The lowest BCUT2D eigenvalue weighted by atomic mass is 9.80. The van der Waals surface area contributed by atoms with E-state index >= 15 is 0 Å². The second-order valence-corrected chi connectivity index (χ2v) is 6.31. The summed E-state index contributed by atoms with van der Waals surface area (Å²) >= 11 is 0. The highest BCUT2D eigenvalue weighted by Gasteiger charge is 2.37. The summed E-state index contributed by atoms with van der Waals surface area (Å²) in [6.07, 6.45) is 7.09. The molecule has 84 valence electrons. The van der Waals surface area contributed by atoms with Crippen LogP contribution in [0.25, 0.3) is 0 Å². The SMILES string of the molecule is CCCC(C)(C)CCC(C)C1CC1C. The molecule has 0 N–H and O–H groups in total. The Morgan fingerprint density at radius 3 is 2.29 bits per heavy atom. The number of hydrogen-bond acceptors (Lipinski definition) is 0. The van der Waals surface area contributed by atoms with Crippen molar-refractivity contribution >= 4 is 0 Å². The molecule has 14 heavy (non-hydrogen) atoms. The largest absolute Gasteiger partial charge is 0.0654 e. The molecule has 1 fully saturated rings. The Morgan fingerprint density at radius 1 is 1.29 bits per heavy atom. The van der Waals surface area contributed by atoms with E-state index in [2.05, 4.69) is 34.6 Å². The molecule has 0 heterocycles. The minimum atomic E-state index is 0.584. The number of hydrogen-bond donors (Lipinski definition) is 0. The van der Waals surface area contributed by atoms with Gasteiger partial charge in [-0.25, -0.2) is 0 Å². The van der Waals surface area contributed by atoms with E-state index in [1.165, 1.54) is 32.1 Å². The molecule has 0 aliphatic heterocycles. The quantitative estimate of drug-likeness (QED) is 0.567. The van der Waals surface area contributed by atoms with Gasteiger partial charge in [-0.15, -0.1) is 0 Å². The third kappa shape index (κ3) is 3.63. The molecule has 0 nitrogen and oxygen atoms in total. The molecule has 0 bridgehead atoms. The Morgan fingerprint density at radius 2 is 1.86 bits per heavy atom. The average Bonchev–Trinajstić information content (AvgIpc) is 2.79. The van der Waals surface area contributed by atoms with Crippen molar-refractivity contribution in [2.24, 2.45) is 23.2 Å². The smallest absolute Gasteiger partial charge is 0.0354 e. The molecule has 1 aliphatic rings. The summed E-state index contributed by atoms with van der Waals surface area (Å²) in [6.45, 7) is 12.0. The first-order chi connectivity index (χ1) is 6.46. The summed E-state index contributed by atoms with van der Waals surface area (Å²) in [4.78, 5) is 0. The van der Waals surface area contributed by atoms with Gasteiger partial charge in [-0.1, -0.05) is 41.0 Å². The maximum Gasteiger partial charge on any atom is -0.0354 e. The van der Waals surface area contributed by atoms with Crippen molar-refractivity contribution in [2.75, 3.05) is 0 Å². The van der Waals surface area contributed by atoms with E-state index in [0.717, 1.165) is 17.8 Å². The molecule has 0 aromatic carbocycles. The van der Waals surface area contributed by atoms with Gasteiger partial charge in [0.15, 0.2) is 0 Å². The van der Waals surface area contributed by atoms with Gasteiger partial charge in [0, 0.05) is 0 Å². The van der Waals surface area contributed by atoms with Crippen molar-refractivity contribution in [1.29, 1.82) is 0 Å². The summed E-state index contributed by atoms with van der Waals surface area (Å²) in [5.74, 6) is 3.06. The van der Waals surface area contributed by atoms with Crippen molar-refractivity contribution in [3.63, 3.8) is 0 Å². The van der Waals surface area contributed by atoms with Crippen LogP contribution in [-0.2, 0) is 0 Å². The Bertz CT molecular complexity index is 169. The molecule has 0 amide bonds.